The van der Waals surface area contributed by atoms with Gasteiger partial charge < -0.3 is 9.47 Å². The van der Waals surface area contributed by atoms with Crippen LogP contribution in [0.1, 0.15) is 6.92 Å². The third kappa shape index (κ3) is 5.36. The van der Waals surface area contributed by atoms with Crippen LogP contribution in [0.5, 0.6) is 0 Å². The Balaban J connectivity index is 3.35. The van der Waals surface area contributed by atoms with Gasteiger partial charge in [-0.25, -0.2) is 0 Å². The second-order valence-electron chi connectivity index (χ2n) is 1.80. The van der Waals surface area contributed by atoms with E-state index in [4.69, 9.17) is 11.2 Å². The molecule has 0 rings (SSSR count). The Bertz CT molecular complexity index is 133. The van der Waals surface area contributed by atoms with Crippen molar-refractivity contribution < 1.29 is 9.47 Å². The Morgan fingerprint density at radius 2 is 2.40 bits per heavy atom. The lowest BCUT2D eigenvalue weighted by molar-refractivity contribution is -0.0494. The summed E-state index contributed by atoms with van der Waals surface area (Å²) in [5.74, 6) is 2.37. The van der Waals surface area contributed by atoms with Crippen molar-refractivity contribution in [3.63, 3.8) is 0 Å². The molecule has 56 valence electrons. The second kappa shape index (κ2) is 6.34. The minimum Gasteiger partial charge on any atom is -0.359 e. The quantitative estimate of drug-likeness (QED) is 0.431. The summed E-state index contributed by atoms with van der Waals surface area (Å²) in [6.07, 6.45) is 8.41. The molecular formula is C8H12O2. The largest absolute Gasteiger partial charge is 0.359 e. The van der Waals surface area contributed by atoms with Gasteiger partial charge in [-0.3, -0.25) is 0 Å². The Hall–Kier alpha value is -0.780. The molecule has 0 heterocycles. The molecule has 0 aromatic heterocycles. The normalized spacial score (nSPS) is 13.3. The molecule has 2 nitrogen and oxygen atoms in total. The molecule has 0 unspecified atom stereocenters. The average Bonchev–Trinajstić information content (AvgIpc) is 1.97. The van der Waals surface area contributed by atoms with Crippen LogP contribution < -0.4 is 0 Å². The summed E-state index contributed by atoms with van der Waals surface area (Å²) in [6, 6.07) is 0. The molecule has 0 saturated heterocycles. The molecule has 0 aliphatic rings. The van der Waals surface area contributed by atoms with E-state index in [9.17, 15) is 0 Å². The van der Waals surface area contributed by atoms with Crippen LogP contribution in [-0.4, -0.2) is 20.0 Å². The fraction of sp³-hybridized carbons (Fsp3) is 0.500. The highest BCUT2D eigenvalue weighted by Gasteiger charge is 1.92. The van der Waals surface area contributed by atoms with Gasteiger partial charge in [0.15, 0.2) is 0 Å². The van der Waals surface area contributed by atoms with Gasteiger partial charge in [0, 0.05) is 7.11 Å². The van der Waals surface area contributed by atoms with Crippen LogP contribution in [0.4, 0.5) is 0 Å². The molecule has 0 bridgehead atoms. The maximum Gasteiger partial charge on any atom is 0.147 e. The number of ether oxygens (including phenoxy) is 2. The molecule has 0 aliphatic heterocycles. The minimum absolute atomic E-state index is 0.0241. The zero-order valence-electron chi connectivity index (χ0n) is 6.33. The predicted octanol–water partition coefficient (Wildman–Crippen LogP) is 1.18. The van der Waals surface area contributed by atoms with Crippen LogP contribution in [0.15, 0.2) is 12.2 Å². The molecule has 0 aromatic rings. The molecule has 1 atom stereocenters. The van der Waals surface area contributed by atoms with E-state index in [-0.39, 0.29) is 6.10 Å². The van der Waals surface area contributed by atoms with E-state index in [1.54, 1.807) is 19.3 Å². The number of hydrogen-bond acceptors (Lipinski definition) is 2. The summed E-state index contributed by atoms with van der Waals surface area (Å²) in [4.78, 5) is 0. The van der Waals surface area contributed by atoms with Gasteiger partial charge in [-0.05, 0) is 19.1 Å². The Morgan fingerprint density at radius 1 is 1.70 bits per heavy atom. The van der Waals surface area contributed by atoms with Gasteiger partial charge in [-0.15, -0.1) is 6.42 Å². The van der Waals surface area contributed by atoms with E-state index in [0.717, 1.165) is 0 Å². The van der Waals surface area contributed by atoms with E-state index in [2.05, 4.69) is 10.7 Å². The first-order valence-electron chi connectivity index (χ1n) is 3.04. The lowest BCUT2D eigenvalue weighted by atomic mass is 10.3. The van der Waals surface area contributed by atoms with E-state index in [1.807, 2.05) is 6.92 Å². The molecule has 0 fully saturated rings. The van der Waals surface area contributed by atoms with Crippen LogP contribution in [0.3, 0.4) is 0 Å². The van der Waals surface area contributed by atoms with E-state index >= 15 is 0 Å². The Labute approximate surface area is 61.8 Å². The third-order valence-corrected chi connectivity index (χ3v) is 0.912. The van der Waals surface area contributed by atoms with Gasteiger partial charge >= 0.3 is 0 Å². The van der Waals surface area contributed by atoms with E-state index in [1.165, 1.54) is 0 Å². The van der Waals surface area contributed by atoms with Gasteiger partial charge in [0.05, 0.1) is 6.10 Å². The number of rotatable bonds is 4. The first kappa shape index (κ1) is 9.22. The van der Waals surface area contributed by atoms with Crippen molar-refractivity contribution in [2.75, 3.05) is 13.9 Å². The SMILES string of the molecule is C#C/C=C/[C@H](C)OCOC. The van der Waals surface area contributed by atoms with Crippen molar-refractivity contribution in [2.24, 2.45) is 0 Å². The molecule has 0 radical (unpaired) electrons. The van der Waals surface area contributed by atoms with E-state index in [0.29, 0.717) is 6.79 Å². The Morgan fingerprint density at radius 3 is 2.90 bits per heavy atom. The van der Waals surface area contributed by atoms with Crippen molar-refractivity contribution in [3.05, 3.63) is 12.2 Å². The number of hydrogen-bond donors (Lipinski definition) is 0. The van der Waals surface area contributed by atoms with Crippen LogP contribution in [0.25, 0.3) is 0 Å². The molecule has 2 heteroatoms. The smallest absolute Gasteiger partial charge is 0.147 e. The first-order valence-corrected chi connectivity index (χ1v) is 3.04. The van der Waals surface area contributed by atoms with Gasteiger partial charge in [0.1, 0.15) is 6.79 Å². The summed E-state index contributed by atoms with van der Waals surface area (Å²) in [6.45, 7) is 2.20. The highest BCUT2D eigenvalue weighted by Crippen LogP contribution is 1.91. The van der Waals surface area contributed by atoms with Gasteiger partial charge in [-0.1, -0.05) is 5.92 Å². The number of allylic oxidation sites excluding steroid dienone is 1. The molecule has 0 amide bonds. The summed E-state index contributed by atoms with van der Waals surface area (Å²) in [5, 5.41) is 0. The maximum absolute atomic E-state index is 5.09. The molecule has 0 saturated carbocycles. The zero-order valence-corrected chi connectivity index (χ0v) is 6.33. The standard InChI is InChI=1S/C8H12O2/c1-4-5-6-8(2)10-7-9-3/h1,5-6,8H,7H2,2-3H3/b6-5+/t8-/m0/s1. The lowest BCUT2D eigenvalue weighted by Crippen LogP contribution is -2.06. The van der Waals surface area contributed by atoms with Crippen LogP contribution in [0.2, 0.25) is 0 Å². The first-order chi connectivity index (χ1) is 4.81. The minimum atomic E-state index is 0.0241. The van der Waals surface area contributed by atoms with Crippen molar-refractivity contribution in [2.45, 2.75) is 13.0 Å². The molecular weight excluding hydrogens is 128 g/mol. The fourth-order valence-corrected chi connectivity index (χ4v) is 0.422. The lowest BCUT2D eigenvalue weighted by Gasteiger charge is -2.05. The van der Waals surface area contributed by atoms with Crippen LogP contribution >= 0.6 is 0 Å². The van der Waals surface area contributed by atoms with Crippen molar-refractivity contribution in [1.82, 2.24) is 0 Å². The van der Waals surface area contributed by atoms with Gasteiger partial charge in [0.25, 0.3) is 0 Å². The van der Waals surface area contributed by atoms with Crippen LogP contribution in [0, 0.1) is 12.3 Å². The van der Waals surface area contributed by atoms with Gasteiger partial charge in [0.2, 0.25) is 0 Å². The molecule has 0 spiro atoms. The predicted molar refractivity (Wildman–Crippen MR) is 40.4 cm³/mol. The zero-order chi connectivity index (χ0) is 7.82. The summed E-state index contributed by atoms with van der Waals surface area (Å²) >= 11 is 0. The number of methoxy groups -OCH3 is 1. The van der Waals surface area contributed by atoms with Gasteiger partial charge in [-0.2, -0.15) is 0 Å². The highest BCUT2D eigenvalue weighted by atomic mass is 16.7. The molecule has 0 aromatic carbocycles. The fourth-order valence-electron chi connectivity index (χ4n) is 0.422. The summed E-state index contributed by atoms with van der Waals surface area (Å²) in [7, 11) is 1.58. The van der Waals surface area contributed by atoms with Crippen molar-refractivity contribution in [1.29, 1.82) is 0 Å². The summed E-state index contributed by atoms with van der Waals surface area (Å²) < 4.78 is 9.77. The third-order valence-electron chi connectivity index (χ3n) is 0.912. The topological polar surface area (TPSA) is 18.5 Å². The van der Waals surface area contributed by atoms with Crippen molar-refractivity contribution >= 4 is 0 Å². The molecule has 0 aliphatic carbocycles. The monoisotopic (exact) mass is 140 g/mol. The second-order valence-corrected chi connectivity index (χ2v) is 1.80. The number of terminal acetylenes is 1. The maximum atomic E-state index is 5.09. The van der Waals surface area contributed by atoms with Crippen molar-refractivity contribution in [3.8, 4) is 12.3 Å². The Kier molecular flexibility index (Phi) is 5.85. The molecule has 0 N–H and O–H groups in total. The van der Waals surface area contributed by atoms with E-state index < -0.39 is 0 Å². The average molecular weight is 140 g/mol. The summed E-state index contributed by atoms with van der Waals surface area (Å²) in [5.41, 5.74) is 0. The molecule has 10 heavy (non-hydrogen) atoms. The van der Waals surface area contributed by atoms with Crippen LogP contribution in [-0.2, 0) is 9.47 Å². The highest BCUT2D eigenvalue weighted by molar-refractivity contribution is 5.10.